The van der Waals surface area contributed by atoms with Crippen LogP contribution in [0.1, 0.15) is 17.5 Å². The van der Waals surface area contributed by atoms with E-state index in [0.717, 1.165) is 5.56 Å². The van der Waals surface area contributed by atoms with Crippen molar-refractivity contribution in [2.45, 2.75) is 13.3 Å². The van der Waals surface area contributed by atoms with E-state index in [1.807, 2.05) is 13.0 Å². The van der Waals surface area contributed by atoms with Gasteiger partial charge in [0, 0.05) is 12.3 Å². The lowest BCUT2D eigenvalue weighted by Gasteiger charge is -1.95. The highest BCUT2D eigenvalue weighted by molar-refractivity contribution is 6.18. The molecule has 0 aliphatic carbocycles. The predicted octanol–water partition coefficient (Wildman–Crippen LogP) is 3.11. The second-order valence-electron chi connectivity index (χ2n) is 2.72. The smallest absolute Gasteiger partial charge is 0.139 e. The van der Waals surface area contributed by atoms with Crippen LogP contribution in [-0.4, -0.2) is 5.88 Å². The molecule has 0 spiro atoms. The zero-order valence-electron chi connectivity index (χ0n) is 7.40. The number of rotatable bonds is 1. The lowest BCUT2D eigenvalue weighted by molar-refractivity contribution is 0.623. The molecule has 0 nitrogen and oxygen atoms in total. The Morgan fingerprint density at radius 1 is 1.46 bits per heavy atom. The molecule has 1 aromatic rings. The van der Waals surface area contributed by atoms with Gasteiger partial charge in [0.2, 0.25) is 0 Å². The standard InChI is InChI=1S/C11H10ClF/c1-9-5-6-10(11(13)8-9)4-2-3-7-12/h5-6,8H,3,7H2,1H3. The fourth-order valence-corrected chi connectivity index (χ4v) is 1.02. The minimum Gasteiger partial charge on any atom is -0.206 e. The number of hydrogen-bond acceptors (Lipinski definition) is 0. The van der Waals surface area contributed by atoms with Gasteiger partial charge in [-0.15, -0.1) is 11.6 Å². The number of benzene rings is 1. The molecule has 1 aromatic carbocycles. The van der Waals surface area contributed by atoms with Crippen molar-refractivity contribution < 1.29 is 4.39 Å². The third kappa shape index (κ3) is 3.08. The molecule has 0 saturated heterocycles. The Bertz CT molecular complexity index is 347. The first kappa shape index (κ1) is 10.1. The molecule has 0 fully saturated rings. The highest BCUT2D eigenvalue weighted by Gasteiger charge is 1.97. The molecule has 0 aliphatic rings. The minimum atomic E-state index is -0.262. The summed E-state index contributed by atoms with van der Waals surface area (Å²) < 4.78 is 13.1. The van der Waals surface area contributed by atoms with E-state index in [1.54, 1.807) is 6.07 Å². The van der Waals surface area contributed by atoms with Crippen LogP contribution in [0.15, 0.2) is 18.2 Å². The summed E-state index contributed by atoms with van der Waals surface area (Å²) in [5.41, 5.74) is 1.34. The normalized spacial score (nSPS) is 9.15. The maximum Gasteiger partial charge on any atom is 0.139 e. The van der Waals surface area contributed by atoms with Crippen LogP contribution in [0.5, 0.6) is 0 Å². The monoisotopic (exact) mass is 196 g/mol. The zero-order valence-corrected chi connectivity index (χ0v) is 8.16. The first-order valence-electron chi connectivity index (χ1n) is 4.05. The Labute approximate surface area is 82.7 Å². The van der Waals surface area contributed by atoms with Gasteiger partial charge >= 0.3 is 0 Å². The van der Waals surface area contributed by atoms with Crippen LogP contribution >= 0.6 is 11.6 Å². The van der Waals surface area contributed by atoms with E-state index >= 15 is 0 Å². The molecule has 0 aromatic heterocycles. The maximum atomic E-state index is 13.1. The molecule has 2 heteroatoms. The van der Waals surface area contributed by atoms with Crippen molar-refractivity contribution in [1.82, 2.24) is 0 Å². The van der Waals surface area contributed by atoms with Crippen LogP contribution in [0.3, 0.4) is 0 Å². The molecular formula is C11H10ClF. The fourth-order valence-electron chi connectivity index (χ4n) is 0.926. The van der Waals surface area contributed by atoms with Crippen molar-refractivity contribution in [3.8, 4) is 11.8 Å². The number of aryl methyl sites for hydroxylation is 1. The van der Waals surface area contributed by atoms with Gasteiger partial charge < -0.3 is 0 Å². The van der Waals surface area contributed by atoms with E-state index in [9.17, 15) is 4.39 Å². The molecule has 0 atom stereocenters. The van der Waals surface area contributed by atoms with Crippen molar-refractivity contribution in [3.63, 3.8) is 0 Å². The highest BCUT2D eigenvalue weighted by Crippen LogP contribution is 2.08. The quantitative estimate of drug-likeness (QED) is 0.478. The van der Waals surface area contributed by atoms with E-state index < -0.39 is 0 Å². The SMILES string of the molecule is Cc1ccc(C#CCCCl)c(F)c1. The average Bonchev–Trinajstić information content (AvgIpc) is 2.09. The summed E-state index contributed by atoms with van der Waals surface area (Å²) in [4.78, 5) is 0. The Hall–Kier alpha value is -1.000. The molecular weight excluding hydrogens is 187 g/mol. The molecule has 68 valence electrons. The Balaban J connectivity index is 2.85. The van der Waals surface area contributed by atoms with Crippen molar-refractivity contribution in [2.24, 2.45) is 0 Å². The minimum absolute atomic E-state index is 0.262. The molecule has 0 amide bonds. The Kier molecular flexibility index (Phi) is 3.79. The van der Waals surface area contributed by atoms with Gasteiger partial charge in [0.05, 0.1) is 5.56 Å². The Morgan fingerprint density at radius 3 is 2.85 bits per heavy atom. The van der Waals surface area contributed by atoms with Crippen LogP contribution in [0.25, 0.3) is 0 Å². The van der Waals surface area contributed by atoms with Gasteiger partial charge in [0.25, 0.3) is 0 Å². The summed E-state index contributed by atoms with van der Waals surface area (Å²) in [6, 6.07) is 5.00. The molecule has 0 aliphatic heterocycles. The lowest BCUT2D eigenvalue weighted by atomic mass is 10.1. The van der Waals surface area contributed by atoms with Crippen molar-refractivity contribution in [3.05, 3.63) is 35.1 Å². The second kappa shape index (κ2) is 4.89. The van der Waals surface area contributed by atoms with Gasteiger partial charge in [0.15, 0.2) is 0 Å². The van der Waals surface area contributed by atoms with Crippen LogP contribution in [0.2, 0.25) is 0 Å². The first-order valence-corrected chi connectivity index (χ1v) is 4.58. The van der Waals surface area contributed by atoms with E-state index in [-0.39, 0.29) is 5.82 Å². The summed E-state index contributed by atoms with van der Waals surface area (Å²) in [7, 11) is 0. The number of halogens is 2. The van der Waals surface area contributed by atoms with Gasteiger partial charge in [-0.1, -0.05) is 17.9 Å². The first-order chi connectivity index (χ1) is 6.24. The topological polar surface area (TPSA) is 0 Å². The third-order valence-electron chi connectivity index (χ3n) is 1.57. The largest absolute Gasteiger partial charge is 0.206 e. The van der Waals surface area contributed by atoms with E-state index in [2.05, 4.69) is 11.8 Å². The average molecular weight is 197 g/mol. The summed E-state index contributed by atoms with van der Waals surface area (Å²) in [5, 5.41) is 0. The molecule has 0 heterocycles. The summed E-state index contributed by atoms with van der Waals surface area (Å²) in [6.45, 7) is 1.85. The van der Waals surface area contributed by atoms with E-state index in [0.29, 0.717) is 17.9 Å². The van der Waals surface area contributed by atoms with E-state index in [1.165, 1.54) is 6.07 Å². The molecule has 1 rings (SSSR count). The van der Waals surface area contributed by atoms with Gasteiger partial charge in [-0.05, 0) is 24.6 Å². The fraction of sp³-hybridized carbons (Fsp3) is 0.273. The van der Waals surface area contributed by atoms with Gasteiger partial charge in [0.1, 0.15) is 5.82 Å². The molecule has 0 N–H and O–H groups in total. The van der Waals surface area contributed by atoms with Crippen LogP contribution in [-0.2, 0) is 0 Å². The van der Waals surface area contributed by atoms with Crippen LogP contribution < -0.4 is 0 Å². The lowest BCUT2D eigenvalue weighted by Crippen LogP contribution is -1.84. The molecule has 0 unspecified atom stereocenters. The molecule has 0 radical (unpaired) electrons. The summed E-state index contributed by atoms with van der Waals surface area (Å²) >= 11 is 5.44. The van der Waals surface area contributed by atoms with Gasteiger partial charge in [-0.25, -0.2) is 4.39 Å². The highest BCUT2D eigenvalue weighted by atomic mass is 35.5. The van der Waals surface area contributed by atoms with Crippen molar-refractivity contribution in [1.29, 1.82) is 0 Å². The zero-order chi connectivity index (χ0) is 9.68. The Morgan fingerprint density at radius 2 is 2.23 bits per heavy atom. The molecule has 0 saturated carbocycles. The van der Waals surface area contributed by atoms with Crippen molar-refractivity contribution in [2.75, 3.05) is 5.88 Å². The van der Waals surface area contributed by atoms with E-state index in [4.69, 9.17) is 11.6 Å². The maximum absolute atomic E-state index is 13.1. The van der Waals surface area contributed by atoms with Crippen molar-refractivity contribution >= 4 is 11.6 Å². The number of hydrogen-bond donors (Lipinski definition) is 0. The third-order valence-corrected chi connectivity index (χ3v) is 1.76. The summed E-state index contributed by atoms with van der Waals surface area (Å²) in [6.07, 6.45) is 0.592. The summed E-state index contributed by atoms with van der Waals surface area (Å²) in [5.74, 6) is 5.75. The van der Waals surface area contributed by atoms with Crippen LogP contribution in [0, 0.1) is 24.6 Å². The predicted molar refractivity (Wildman–Crippen MR) is 53.4 cm³/mol. The number of alkyl halides is 1. The van der Waals surface area contributed by atoms with Crippen LogP contribution in [0.4, 0.5) is 4.39 Å². The molecule has 0 bridgehead atoms. The molecule has 13 heavy (non-hydrogen) atoms. The van der Waals surface area contributed by atoms with Gasteiger partial charge in [-0.2, -0.15) is 0 Å². The second-order valence-corrected chi connectivity index (χ2v) is 3.10. The van der Waals surface area contributed by atoms with Gasteiger partial charge in [-0.3, -0.25) is 0 Å².